The SMILES string of the molecule is COc1ccc(-c2cc(C(=O)Nc3ccc(I)cc3)c3ccccc3n2)cc1. The molecule has 0 aliphatic rings. The summed E-state index contributed by atoms with van der Waals surface area (Å²) in [5, 5.41) is 3.81. The molecule has 1 heterocycles. The number of carbonyl (C=O) groups is 1. The number of anilines is 1. The van der Waals surface area contributed by atoms with Crippen molar-refractivity contribution in [1.29, 1.82) is 0 Å². The summed E-state index contributed by atoms with van der Waals surface area (Å²) in [5.74, 6) is 0.621. The number of hydrogen-bond donors (Lipinski definition) is 1. The lowest BCUT2D eigenvalue weighted by molar-refractivity contribution is 0.102. The first-order valence-corrected chi connectivity index (χ1v) is 9.83. The van der Waals surface area contributed by atoms with Gasteiger partial charge in [-0.15, -0.1) is 0 Å². The van der Waals surface area contributed by atoms with E-state index in [2.05, 4.69) is 27.9 Å². The number of para-hydroxylation sites is 1. The van der Waals surface area contributed by atoms with Crippen molar-refractivity contribution in [3.8, 4) is 17.0 Å². The van der Waals surface area contributed by atoms with Gasteiger partial charge in [0, 0.05) is 20.2 Å². The molecule has 0 radical (unpaired) electrons. The van der Waals surface area contributed by atoms with Crippen LogP contribution in [0, 0.1) is 3.57 Å². The highest BCUT2D eigenvalue weighted by Gasteiger charge is 2.14. The summed E-state index contributed by atoms with van der Waals surface area (Å²) in [4.78, 5) is 17.8. The van der Waals surface area contributed by atoms with Crippen LogP contribution < -0.4 is 10.1 Å². The van der Waals surface area contributed by atoms with E-state index in [1.807, 2.05) is 78.9 Å². The summed E-state index contributed by atoms with van der Waals surface area (Å²) in [6, 6.07) is 24.9. The van der Waals surface area contributed by atoms with E-state index in [0.29, 0.717) is 5.56 Å². The fourth-order valence-corrected chi connectivity index (χ4v) is 3.36. The van der Waals surface area contributed by atoms with Gasteiger partial charge in [-0.1, -0.05) is 18.2 Å². The standard InChI is InChI=1S/C23H17IN2O2/c1-28-18-12-6-15(7-13-18)22-14-20(19-4-2-3-5-21(19)26-22)23(27)25-17-10-8-16(24)9-11-17/h2-14H,1H3,(H,25,27). The maximum absolute atomic E-state index is 13.0. The average Bonchev–Trinajstić information content (AvgIpc) is 2.74. The van der Waals surface area contributed by atoms with Crippen molar-refractivity contribution in [3.05, 3.63) is 88.0 Å². The van der Waals surface area contributed by atoms with Crippen molar-refractivity contribution in [3.63, 3.8) is 0 Å². The van der Waals surface area contributed by atoms with Gasteiger partial charge in [0.05, 0.1) is 23.9 Å². The molecular formula is C23H17IN2O2. The lowest BCUT2D eigenvalue weighted by Crippen LogP contribution is -2.13. The fraction of sp³-hybridized carbons (Fsp3) is 0.0435. The van der Waals surface area contributed by atoms with E-state index in [4.69, 9.17) is 9.72 Å². The van der Waals surface area contributed by atoms with Crippen molar-refractivity contribution in [2.45, 2.75) is 0 Å². The molecule has 1 amide bonds. The van der Waals surface area contributed by atoms with Crippen LogP contribution in [0.25, 0.3) is 22.2 Å². The van der Waals surface area contributed by atoms with Crippen LogP contribution in [-0.2, 0) is 0 Å². The number of fused-ring (bicyclic) bond motifs is 1. The van der Waals surface area contributed by atoms with Crippen molar-refractivity contribution in [1.82, 2.24) is 4.98 Å². The summed E-state index contributed by atoms with van der Waals surface area (Å²) >= 11 is 2.24. The fourth-order valence-electron chi connectivity index (χ4n) is 3.00. The molecule has 0 spiro atoms. The molecule has 4 rings (SSSR count). The van der Waals surface area contributed by atoms with E-state index >= 15 is 0 Å². The minimum absolute atomic E-state index is 0.158. The number of ether oxygens (including phenoxy) is 1. The molecule has 0 saturated carbocycles. The second-order valence-electron chi connectivity index (χ2n) is 6.26. The Labute approximate surface area is 176 Å². The number of carbonyl (C=O) groups excluding carboxylic acids is 1. The van der Waals surface area contributed by atoms with Crippen LogP contribution in [0.3, 0.4) is 0 Å². The second-order valence-corrected chi connectivity index (χ2v) is 7.51. The molecule has 4 aromatic rings. The maximum Gasteiger partial charge on any atom is 0.256 e. The zero-order chi connectivity index (χ0) is 19.5. The third-order valence-electron chi connectivity index (χ3n) is 4.45. The molecule has 3 aromatic carbocycles. The quantitative estimate of drug-likeness (QED) is 0.378. The molecule has 0 aliphatic heterocycles. The van der Waals surface area contributed by atoms with Crippen LogP contribution >= 0.6 is 22.6 Å². The van der Waals surface area contributed by atoms with Crippen LogP contribution in [0.2, 0.25) is 0 Å². The van der Waals surface area contributed by atoms with Crippen LogP contribution in [-0.4, -0.2) is 18.0 Å². The van der Waals surface area contributed by atoms with Crippen molar-refractivity contribution < 1.29 is 9.53 Å². The number of halogens is 1. The summed E-state index contributed by atoms with van der Waals surface area (Å²) in [6.07, 6.45) is 0. The molecule has 138 valence electrons. The highest BCUT2D eigenvalue weighted by molar-refractivity contribution is 14.1. The Morgan fingerprint density at radius 1 is 0.964 bits per heavy atom. The van der Waals surface area contributed by atoms with Crippen molar-refractivity contribution in [2.75, 3.05) is 12.4 Å². The first-order valence-electron chi connectivity index (χ1n) is 8.75. The number of aromatic nitrogens is 1. The second kappa shape index (κ2) is 7.98. The Balaban J connectivity index is 1.77. The molecule has 0 unspecified atom stereocenters. The number of rotatable bonds is 4. The summed E-state index contributed by atoms with van der Waals surface area (Å²) in [6.45, 7) is 0. The summed E-state index contributed by atoms with van der Waals surface area (Å²) in [7, 11) is 1.64. The Morgan fingerprint density at radius 2 is 1.68 bits per heavy atom. The molecule has 0 saturated heterocycles. The van der Waals surface area contributed by atoms with Crippen LogP contribution in [0.5, 0.6) is 5.75 Å². The van der Waals surface area contributed by atoms with Gasteiger partial charge in [-0.25, -0.2) is 4.98 Å². The highest BCUT2D eigenvalue weighted by atomic mass is 127. The first-order chi connectivity index (χ1) is 13.6. The van der Waals surface area contributed by atoms with Crippen molar-refractivity contribution in [2.24, 2.45) is 0 Å². The van der Waals surface area contributed by atoms with Gasteiger partial charge in [0.25, 0.3) is 5.91 Å². The molecule has 1 N–H and O–H groups in total. The van der Waals surface area contributed by atoms with E-state index in [-0.39, 0.29) is 5.91 Å². The van der Waals surface area contributed by atoms with Gasteiger partial charge in [0.2, 0.25) is 0 Å². The van der Waals surface area contributed by atoms with Gasteiger partial charge in [0.1, 0.15) is 5.75 Å². The highest BCUT2D eigenvalue weighted by Crippen LogP contribution is 2.27. The number of nitrogens with zero attached hydrogens (tertiary/aromatic N) is 1. The number of hydrogen-bond acceptors (Lipinski definition) is 3. The lowest BCUT2D eigenvalue weighted by atomic mass is 10.0. The molecule has 28 heavy (non-hydrogen) atoms. The Hall–Kier alpha value is -2.93. The number of methoxy groups -OCH3 is 1. The van der Waals surface area contributed by atoms with Gasteiger partial charge in [-0.3, -0.25) is 4.79 Å². The molecule has 5 heteroatoms. The normalized spacial score (nSPS) is 10.6. The first kappa shape index (κ1) is 18.4. The third kappa shape index (κ3) is 3.84. The van der Waals surface area contributed by atoms with E-state index < -0.39 is 0 Å². The molecule has 4 nitrogen and oxygen atoms in total. The average molecular weight is 480 g/mol. The van der Waals surface area contributed by atoms with E-state index in [0.717, 1.165) is 37.2 Å². The predicted octanol–water partition coefficient (Wildman–Crippen LogP) is 5.77. The van der Waals surface area contributed by atoms with Gasteiger partial charge in [-0.05, 0) is 83.3 Å². The molecule has 1 aromatic heterocycles. The topological polar surface area (TPSA) is 51.2 Å². The molecule has 0 atom stereocenters. The Bertz CT molecular complexity index is 1140. The number of nitrogens with one attached hydrogen (secondary N) is 1. The van der Waals surface area contributed by atoms with Gasteiger partial charge < -0.3 is 10.1 Å². The third-order valence-corrected chi connectivity index (χ3v) is 5.17. The Morgan fingerprint density at radius 3 is 2.39 bits per heavy atom. The van der Waals surface area contributed by atoms with Crippen LogP contribution in [0.4, 0.5) is 5.69 Å². The zero-order valence-corrected chi connectivity index (χ0v) is 17.3. The largest absolute Gasteiger partial charge is 0.497 e. The van der Waals surface area contributed by atoms with Crippen LogP contribution in [0.1, 0.15) is 10.4 Å². The summed E-state index contributed by atoms with van der Waals surface area (Å²) < 4.78 is 6.34. The number of amides is 1. The van der Waals surface area contributed by atoms with E-state index in [9.17, 15) is 4.79 Å². The molecule has 0 aliphatic carbocycles. The van der Waals surface area contributed by atoms with Gasteiger partial charge >= 0.3 is 0 Å². The molecule has 0 fully saturated rings. The minimum atomic E-state index is -0.158. The van der Waals surface area contributed by atoms with Crippen LogP contribution in [0.15, 0.2) is 78.9 Å². The minimum Gasteiger partial charge on any atom is -0.497 e. The summed E-state index contributed by atoms with van der Waals surface area (Å²) in [5.41, 5.74) is 3.81. The van der Waals surface area contributed by atoms with Crippen molar-refractivity contribution >= 4 is 45.1 Å². The van der Waals surface area contributed by atoms with E-state index in [1.165, 1.54) is 0 Å². The Kier molecular flexibility index (Phi) is 5.25. The number of pyridine rings is 1. The molecule has 0 bridgehead atoms. The zero-order valence-electron chi connectivity index (χ0n) is 15.1. The number of benzene rings is 3. The predicted molar refractivity (Wildman–Crippen MR) is 121 cm³/mol. The monoisotopic (exact) mass is 480 g/mol. The van der Waals surface area contributed by atoms with Gasteiger partial charge in [0.15, 0.2) is 0 Å². The molecular weight excluding hydrogens is 463 g/mol. The smallest absolute Gasteiger partial charge is 0.256 e. The van der Waals surface area contributed by atoms with Gasteiger partial charge in [-0.2, -0.15) is 0 Å². The van der Waals surface area contributed by atoms with E-state index in [1.54, 1.807) is 7.11 Å². The lowest BCUT2D eigenvalue weighted by Gasteiger charge is -2.11. The maximum atomic E-state index is 13.0.